The Labute approximate surface area is 116 Å². The van der Waals surface area contributed by atoms with Crippen LogP contribution in [0.3, 0.4) is 0 Å². The number of aliphatic hydroxyl groups excluding tert-OH is 1. The van der Waals surface area contributed by atoms with Crippen LogP contribution >= 0.6 is 23.8 Å². The van der Waals surface area contributed by atoms with Crippen molar-refractivity contribution in [2.24, 2.45) is 5.73 Å². The first kappa shape index (κ1) is 13.5. The van der Waals surface area contributed by atoms with Gasteiger partial charge in [-0.1, -0.05) is 23.8 Å². The van der Waals surface area contributed by atoms with Crippen LogP contribution in [0.2, 0.25) is 5.02 Å². The average Bonchev–Trinajstić information content (AvgIpc) is 2.38. The van der Waals surface area contributed by atoms with Gasteiger partial charge in [0.05, 0.1) is 30.9 Å². The van der Waals surface area contributed by atoms with Crippen molar-refractivity contribution in [2.45, 2.75) is 6.04 Å². The summed E-state index contributed by atoms with van der Waals surface area (Å²) < 4.78 is 5.34. The van der Waals surface area contributed by atoms with Crippen LogP contribution in [-0.4, -0.2) is 42.5 Å². The highest BCUT2D eigenvalue weighted by Crippen LogP contribution is 2.26. The Morgan fingerprint density at radius 2 is 2.39 bits per heavy atom. The molecule has 1 unspecified atom stereocenters. The largest absolute Gasteiger partial charge is 0.394 e. The Kier molecular flexibility index (Phi) is 4.40. The summed E-state index contributed by atoms with van der Waals surface area (Å²) in [5.41, 5.74) is 7.19. The highest BCUT2D eigenvalue weighted by atomic mass is 35.5. The molecule has 98 valence electrons. The van der Waals surface area contributed by atoms with E-state index in [1.807, 2.05) is 18.2 Å². The van der Waals surface area contributed by atoms with Crippen LogP contribution in [0.15, 0.2) is 18.2 Å². The summed E-state index contributed by atoms with van der Waals surface area (Å²) in [5, 5.41) is 9.87. The van der Waals surface area contributed by atoms with Gasteiger partial charge in [-0.05, 0) is 18.2 Å². The number of ether oxygens (including phenoxy) is 1. The number of rotatable bonds is 3. The van der Waals surface area contributed by atoms with Gasteiger partial charge in [-0.25, -0.2) is 0 Å². The molecule has 1 saturated heterocycles. The van der Waals surface area contributed by atoms with Crippen molar-refractivity contribution < 1.29 is 9.84 Å². The van der Waals surface area contributed by atoms with E-state index in [0.29, 0.717) is 23.8 Å². The molecule has 3 N–H and O–H groups in total. The molecule has 0 aromatic heterocycles. The molecule has 0 aliphatic carbocycles. The lowest BCUT2D eigenvalue weighted by Crippen LogP contribution is -2.47. The van der Waals surface area contributed by atoms with Crippen molar-refractivity contribution in [1.82, 2.24) is 0 Å². The molecule has 1 aliphatic heterocycles. The minimum Gasteiger partial charge on any atom is -0.394 e. The first-order chi connectivity index (χ1) is 8.63. The first-order valence-corrected chi connectivity index (χ1v) is 6.46. The maximum absolute atomic E-state index is 9.34. The minimum atomic E-state index is -0.0366. The maximum Gasteiger partial charge on any atom is 0.105 e. The third-order valence-corrected chi connectivity index (χ3v) is 3.52. The molecule has 6 heteroatoms. The number of thiocarbonyl (C=S) groups is 1. The van der Waals surface area contributed by atoms with Crippen LogP contribution in [0.4, 0.5) is 5.69 Å². The summed E-state index contributed by atoms with van der Waals surface area (Å²) in [4.78, 5) is 2.37. The van der Waals surface area contributed by atoms with E-state index in [2.05, 4.69) is 4.90 Å². The molecule has 18 heavy (non-hydrogen) atoms. The highest BCUT2D eigenvalue weighted by molar-refractivity contribution is 7.80. The van der Waals surface area contributed by atoms with Crippen molar-refractivity contribution in [2.75, 3.05) is 31.3 Å². The highest BCUT2D eigenvalue weighted by Gasteiger charge is 2.23. The van der Waals surface area contributed by atoms with Crippen molar-refractivity contribution in [3.05, 3.63) is 28.8 Å². The van der Waals surface area contributed by atoms with Crippen molar-refractivity contribution in [3.8, 4) is 0 Å². The molecule has 1 fully saturated rings. The first-order valence-electron chi connectivity index (χ1n) is 5.68. The second-order valence-corrected chi connectivity index (χ2v) is 4.98. The van der Waals surface area contributed by atoms with Crippen molar-refractivity contribution in [1.29, 1.82) is 0 Å². The molecule has 0 amide bonds. The molecule has 1 aromatic carbocycles. The molecule has 0 spiro atoms. The molecular weight excluding hydrogens is 272 g/mol. The van der Waals surface area contributed by atoms with Crippen LogP contribution < -0.4 is 10.6 Å². The molecule has 0 bridgehead atoms. The normalized spacial score (nSPS) is 19.9. The molecule has 1 aromatic rings. The van der Waals surface area contributed by atoms with Gasteiger partial charge in [0, 0.05) is 17.8 Å². The maximum atomic E-state index is 9.34. The van der Waals surface area contributed by atoms with Gasteiger partial charge in [0.25, 0.3) is 0 Å². The van der Waals surface area contributed by atoms with Crippen LogP contribution in [0.5, 0.6) is 0 Å². The summed E-state index contributed by atoms with van der Waals surface area (Å²) in [6.45, 7) is 1.94. The molecule has 4 nitrogen and oxygen atoms in total. The number of anilines is 1. The topological polar surface area (TPSA) is 58.7 Å². The number of nitrogens with two attached hydrogens (primary N) is 1. The van der Waals surface area contributed by atoms with Gasteiger partial charge >= 0.3 is 0 Å². The van der Waals surface area contributed by atoms with Gasteiger partial charge in [0.1, 0.15) is 4.99 Å². The van der Waals surface area contributed by atoms with Crippen LogP contribution in [0.25, 0.3) is 0 Å². The Morgan fingerprint density at radius 3 is 3.00 bits per heavy atom. The summed E-state index contributed by atoms with van der Waals surface area (Å²) >= 11 is 11.1. The number of benzene rings is 1. The average molecular weight is 287 g/mol. The van der Waals surface area contributed by atoms with Gasteiger partial charge in [-0.2, -0.15) is 0 Å². The zero-order valence-corrected chi connectivity index (χ0v) is 11.4. The van der Waals surface area contributed by atoms with Crippen molar-refractivity contribution in [3.63, 3.8) is 0 Å². The van der Waals surface area contributed by atoms with E-state index in [0.717, 1.165) is 12.2 Å². The molecular formula is C12H15ClN2O2S. The smallest absolute Gasteiger partial charge is 0.105 e. The van der Waals surface area contributed by atoms with E-state index >= 15 is 0 Å². The molecule has 2 rings (SSSR count). The van der Waals surface area contributed by atoms with Crippen LogP contribution in [0, 0.1) is 0 Å². The lowest BCUT2D eigenvalue weighted by molar-refractivity contribution is 0.0727. The van der Waals surface area contributed by atoms with Crippen LogP contribution in [0.1, 0.15) is 5.56 Å². The minimum absolute atomic E-state index is 0.0366. The number of halogens is 1. The third kappa shape index (κ3) is 2.75. The van der Waals surface area contributed by atoms with Crippen molar-refractivity contribution >= 4 is 34.5 Å². The van der Waals surface area contributed by atoms with E-state index in [9.17, 15) is 5.11 Å². The van der Waals surface area contributed by atoms with Gasteiger partial charge < -0.3 is 20.5 Å². The lowest BCUT2D eigenvalue weighted by Gasteiger charge is -2.36. The second-order valence-electron chi connectivity index (χ2n) is 4.13. The summed E-state index contributed by atoms with van der Waals surface area (Å²) in [5.74, 6) is 0. The van der Waals surface area contributed by atoms with E-state index in [-0.39, 0.29) is 17.6 Å². The zero-order valence-electron chi connectivity index (χ0n) is 9.80. The van der Waals surface area contributed by atoms with Crippen LogP contribution in [-0.2, 0) is 4.74 Å². The van der Waals surface area contributed by atoms with Gasteiger partial charge in [-0.15, -0.1) is 0 Å². The number of morpholine rings is 1. The third-order valence-electron chi connectivity index (χ3n) is 2.99. The predicted octanol–water partition coefficient (Wildman–Crippen LogP) is 1.17. The predicted molar refractivity (Wildman–Crippen MR) is 76.4 cm³/mol. The Bertz CT molecular complexity index is 456. The molecule has 1 aliphatic rings. The SMILES string of the molecule is NC(=S)c1ccc(N2CCOCC2CO)cc1Cl. The number of aliphatic hydroxyl groups is 1. The van der Waals surface area contributed by atoms with E-state index < -0.39 is 0 Å². The van der Waals surface area contributed by atoms with Gasteiger partial charge in [0.2, 0.25) is 0 Å². The fraction of sp³-hybridized carbons (Fsp3) is 0.417. The zero-order chi connectivity index (χ0) is 13.1. The standard InChI is InChI=1S/C12H15ClN2O2S/c13-11-5-8(1-2-10(11)12(14)18)15-3-4-17-7-9(15)6-16/h1-2,5,9,16H,3-4,6-7H2,(H2,14,18). The van der Waals surface area contributed by atoms with Gasteiger partial charge in [-0.3, -0.25) is 0 Å². The van der Waals surface area contributed by atoms with E-state index in [1.54, 1.807) is 0 Å². The summed E-state index contributed by atoms with van der Waals surface area (Å²) in [7, 11) is 0. The molecule has 0 saturated carbocycles. The number of nitrogens with zero attached hydrogens (tertiary/aromatic N) is 1. The fourth-order valence-electron chi connectivity index (χ4n) is 2.03. The van der Waals surface area contributed by atoms with E-state index in [4.69, 9.17) is 34.3 Å². The molecule has 0 radical (unpaired) electrons. The van der Waals surface area contributed by atoms with E-state index in [1.165, 1.54) is 0 Å². The number of hydrogen-bond donors (Lipinski definition) is 2. The Balaban J connectivity index is 2.27. The molecule has 1 heterocycles. The quantitative estimate of drug-likeness (QED) is 0.817. The van der Waals surface area contributed by atoms with Gasteiger partial charge in [0.15, 0.2) is 0 Å². The fourth-order valence-corrected chi connectivity index (χ4v) is 2.54. The monoisotopic (exact) mass is 286 g/mol. The summed E-state index contributed by atoms with van der Waals surface area (Å²) in [6, 6.07) is 5.51. The lowest BCUT2D eigenvalue weighted by atomic mass is 10.1. The summed E-state index contributed by atoms with van der Waals surface area (Å²) in [6.07, 6.45) is 0. The second kappa shape index (κ2) is 5.84. The molecule has 1 atom stereocenters. The Hall–Kier alpha value is -0.880. The number of hydrogen-bond acceptors (Lipinski definition) is 4. The Morgan fingerprint density at radius 1 is 1.61 bits per heavy atom.